The molecule has 0 spiro atoms. The first-order chi connectivity index (χ1) is 13.9. The Morgan fingerprint density at radius 2 is 2.00 bits per heavy atom. The molecule has 2 aromatic rings. The highest BCUT2D eigenvalue weighted by molar-refractivity contribution is 7.10. The van der Waals surface area contributed by atoms with Crippen LogP contribution in [0.15, 0.2) is 29.6 Å². The predicted molar refractivity (Wildman–Crippen MR) is 120 cm³/mol. The minimum absolute atomic E-state index is 0.00186. The van der Waals surface area contributed by atoms with Crippen molar-refractivity contribution < 1.29 is 9.59 Å². The van der Waals surface area contributed by atoms with E-state index in [0.29, 0.717) is 23.0 Å². The highest BCUT2D eigenvalue weighted by Gasteiger charge is 2.35. The molecular weight excluding hydrogens is 427 g/mol. The standard InChI is InChI=1S/C22H26Cl2N2O2S/c1-4-14(3)26(20(27)5-2)13-21(28)25-10-8-19-17(9-11-29-19)22(25)16-7-6-15(23)12-18(16)24/h6-7,9,11-12,14,22H,4-5,8,10,13H2,1-3H3. The van der Waals surface area contributed by atoms with Gasteiger partial charge in [-0.3, -0.25) is 9.59 Å². The summed E-state index contributed by atoms with van der Waals surface area (Å²) < 4.78 is 0. The van der Waals surface area contributed by atoms with E-state index in [1.807, 2.05) is 31.7 Å². The number of carbonyl (C=O) groups excluding carboxylic acids is 2. The first-order valence-corrected chi connectivity index (χ1v) is 11.6. The van der Waals surface area contributed by atoms with Crippen LogP contribution in [0.4, 0.5) is 0 Å². The molecule has 1 aliphatic heterocycles. The van der Waals surface area contributed by atoms with Crippen molar-refractivity contribution >= 4 is 46.4 Å². The lowest BCUT2D eigenvalue weighted by atomic mass is 9.93. The summed E-state index contributed by atoms with van der Waals surface area (Å²) in [5.41, 5.74) is 1.97. The minimum atomic E-state index is -0.266. The average Bonchev–Trinajstić information content (AvgIpc) is 3.19. The summed E-state index contributed by atoms with van der Waals surface area (Å²) in [5, 5.41) is 3.17. The Bertz CT molecular complexity index is 899. The van der Waals surface area contributed by atoms with Gasteiger partial charge in [0.15, 0.2) is 0 Å². The van der Waals surface area contributed by atoms with E-state index in [0.717, 1.165) is 24.0 Å². The van der Waals surface area contributed by atoms with Gasteiger partial charge in [-0.1, -0.05) is 43.1 Å². The predicted octanol–water partition coefficient (Wildman–Crippen LogP) is 5.57. The summed E-state index contributed by atoms with van der Waals surface area (Å²) in [5.74, 6) is -0.0537. The van der Waals surface area contributed by atoms with Crippen molar-refractivity contribution in [1.29, 1.82) is 0 Å². The second kappa shape index (κ2) is 9.50. The molecule has 0 bridgehead atoms. The summed E-state index contributed by atoms with van der Waals surface area (Å²) in [4.78, 5) is 30.7. The Morgan fingerprint density at radius 1 is 1.24 bits per heavy atom. The molecule has 2 atom stereocenters. The first-order valence-electron chi connectivity index (χ1n) is 9.97. The summed E-state index contributed by atoms with van der Waals surface area (Å²) in [6.07, 6.45) is 2.00. The number of hydrogen-bond donors (Lipinski definition) is 0. The number of halogens is 2. The molecule has 0 N–H and O–H groups in total. The number of rotatable bonds is 6. The molecule has 0 aliphatic carbocycles. The summed E-state index contributed by atoms with van der Waals surface area (Å²) >= 11 is 14.3. The maximum atomic E-state index is 13.4. The van der Waals surface area contributed by atoms with Gasteiger partial charge in [-0.2, -0.15) is 0 Å². The van der Waals surface area contributed by atoms with Gasteiger partial charge in [0, 0.05) is 33.9 Å². The molecule has 2 heterocycles. The molecule has 0 radical (unpaired) electrons. The molecule has 2 unspecified atom stereocenters. The van der Waals surface area contributed by atoms with E-state index in [1.54, 1.807) is 28.4 Å². The fourth-order valence-corrected chi connectivity index (χ4v) is 5.21. The van der Waals surface area contributed by atoms with Crippen LogP contribution in [0.3, 0.4) is 0 Å². The van der Waals surface area contributed by atoms with Crippen LogP contribution < -0.4 is 0 Å². The molecule has 29 heavy (non-hydrogen) atoms. The summed E-state index contributed by atoms with van der Waals surface area (Å²) in [6.45, 7) is 6.53. The van der Waals surface area contributed by atoms with E-state index < -0.39 is 0 Å². The topological polar surface area (TPSA) is 40.6 Å². The Kier molecular flexibility index (Phi) is 7.25. The van der Waals surface area contributed by atoms with Crippen molar-refractivity contribution in [2.24, 2.45) is 0 Å². The quantitative estimate of drug-likeness (QED) is 0.574. The number of nitrogens with zero attached hydrogens (tertiary/aromatic N) is 2. The fourth-order valence-electron chi connectivity index (χ4n) is 3.79. The highest BCUT2D eigenvalue weighted by Crippen LogP contribution is 2.41. The normalized spacial score (nSPS) is 17.0. The van der Waals surface area contributed by atoms with Crippen LogP contribution >= 0.6 is 34.5 Å². The third kappa shape index (κ3) is 4.62. The van der Waals surface area contributed by atoms with E-state index >= 15 is 0 Å². The molecule has 0 saturated carbocycles. The fraction of sp³-hybridized carbons (Fsp3) is 0.455. The number of thiophene rings is 1. The van der Waals surface area contributed by atoms with E-state index in [2.05, 4.69) is 11.4 Å². The van der Waals surface area contributed by atoms with Crippen LogP contribution in [0.25, 0.3) is 0 Å². The van der Waals surface area contributed by atoms with Gasteiger partial charge in [-0.05, 0) is 54.5 Å². The monoisotopic (exact) mass is 452 g/mol. The molecule has 1 aromatic carbocycles. The van der Waals surface area contributed by atoms with Gasteiger partial charge in [0.05, 0.1) is 6.04 Å². The molecule has 3 rings (SSSR count). The third-order valence-corrected chi connectivity index (χ3v) is 7.15. The molecule has 7 heteroatoms. The van der Waals surface area contributed by atoms with Crippen LogP contribution in [0, 0.1) is 0 Å². The summed E-state index contributed by atoms with van der Waals surface area (Å²) in [6, 6.07) is 7.24. The largest absolute Gasteiger partial charge is 0.331 e. The maximum absolute atomic E-state index is 13.4. The van der Waals surface area contributed by atoms with E-state index in [9.17, 15) is 9.59 Å². The number of amides is 2. The number of hydrogen-bond acceptors (Lipinski definition) is 3. The zero-order chi connectivity index (χ0) is 21.1. The zero-order valence-electron chi connectivity index (χ0n) is 17.0. The molecular formula is C22H26Cl2N2O2S. The summed E-state index contributed by atoms with van der Waals surface area (Å²) in [7, 11) is 0. The number of benzene rings is 1. The second-order valence-corrected chi connectivity index (χ2v) is 9.18. The van der Waals surface area contributed by atoms with Crippen molar-refractivity contribution in [3.05, 3.63) is 55.7 Å². The minimum Gasteiger partial charge on any atom is -0.331 e. The maximum Gasteiger partial charge on any atom is 0.243 e. The lowest BCUT2D eigenvalue weighted by molar-refractivity contribution is -0.143. The van der Waals surface area contributed by atoms with Crippen molar-refractivity contribution in [2.75, 3.05) is 13.1 Å². The molecule has 1 aliphatic rings. The molecule has 156 valence electrons. The number of fused-ring (bicyclic) bond motifs is 1. The zero-order valence-corrected chi connectivity index (χ0v) is 19.3. The lowest BCUT2D eigenvalue weighted by Gasteiger charge is -2.38. The van der Waals surface area contributed by atoms with Crippen LogP contribution in [-0.4, -0.2) is 40.7 Å². The lowest BCUT2D eigenvalue weighted by Crippen LogP contribution is -2.49. The van der Waals surface area contributed by atoms with E-state index in [4.69, 9.17) is 23.2 Å². The van der Waals surface area contributed by atoms with Gasteiger partial charge in [0.1, 0.15) is 6.54 Å². The molecule has 1 aromatic heterocycles. The van der Waals surface area contributed by atoms with Crippen LogP contribution in [0.2, 0.25) is 10.0 Å². The SMILES string of the molecule is CCC(=O)N(CC(=O)N1CCc2sccc2C1c1ccc(Cl)cc1Cl)C(C)CC. The highest BCUT2D eigenvalue weighted by atomic mass is 35.5. The van der Waals surface area contributed by atoms with Crippen molar-refractivity contribution in [3.63, 3.8) is 0 Å². The van der Waals surface area contributed by atoms with Crippen LogP contribution in [-0.2, 0) is 16.0 Å². The van der Waals surface area contributed by atoms with Crippen molar-refractivity contribution in [1.82, 2.24) is 9.80 Å². The Morgan fingerprint density at radius 3 is 2.66 bits per heavy atom. The Hall–Kier alpha value is -1.56. The van der Waals surface area contributed by atoms with Crippen molar-refractivity contribution in [2.45, 2.75) is 52.1 Å². The van der Waals surface area contributed by atoms with E-state index in [-0.39, 0.29) is 30.4 Å². The van der Waals surface area contributed by atoms with Gasteiger partial charge in [-0.25, -0.2) is 0 Å². The van der Waals surface area contributed by atoms with Gasteiger partial charge in [-0.15, -0.1) is 11.3 Å². The number of carbonyl (C=O) groups is 2. The molecule has 0 saturated heterocycles. The van der Waals surface area contributed by atoms with Gasteiger partial charge < -0.3 is 9.80 Å². The average molecular weight is 453 g/mol. The molecule has 2 amide bonds. The second-order valence-electron chi connectivity index (χ2n) is 7.34. The van der Waals surface area contributed by atoms with E-state index in [1.165, 1.54) is 4.88 Å². The van der Waals surface area contributed by atoms with Crippen molar-refractivity contribution in [3.8, 4) is 0 Å². The Labute approximate surface area is 186 Å². The molecule has 0 fully saturated rings. The van der Waals surface area contributed by atoms with Gasteiger partial charge >= 0.3 is 0 Å². The van der Waals surface area contributed by atoms with Gasteiger partial charge in [0.25, 0.3) is 0 Å². The van der Waals surface area contributed by atoms with Crippen LogP contribution in [0.1, 0.15) is 55.7 Å². The first kappa shape index (κ1) is 22.1. The van der Waals surface area contributed by atoms with Crippen LogP contribution in [0.5, 0.6) is 0 Å². The smallest absolute Gasteiger partial charge is 0.243 e. The molecule has 4 nitrogen and oxygen atoms in total. The van der Waals surface area contributed by atoms with Gasteiger partial charge in [0.2, 0.25) is 11.8 Å². The third-order valence-electron chi connectivity index (χ3n) is 5.59. The Balaban J connectivity index is 1.96.